The highest BCUT2D eigenvalue weighted by atomic mass is 32.1. The summed E-state index contributed by atoms with van der Waals surface area (Å²) in [4.78, 5) is 25.9. The van der Waals surface area contributed by atoms with E-state index in [1.54, 1.807) is 7.11 Å². The average molecular weight is 446 g/mol. The average Bonchev–Trinajstić information content (AvgIpc) is 3.30. The van der Waals surface area contributed by atoms with Crippen molar-refractivity contribution in [2.24, 2.45) is 4.99 Å². The van der Waals surface area contributed by atoms with Crippen LogP contribution in [0.25, 0.3) is 0 Å². The Labute approximate surface area is 187 Å². The lowest BCUT2D eigenvalue weighted by Crippen LogP contribution is -2.52. The molecule has 10 heteroatoms. The first-order valence-electron chi connectivity index (χ1n) is 10.6. The molecule has 168 valence electrons. The van der Waals surface area contributed by atoms with Crippen LogP contribution in [-0.4, -0.2) is 72.5 Å². The molecule has 2 aromatic rings. The first-order chi connectivity index (χ1) is 15.1. The fourth-order valence-electron chi connectivity index (χ4n) is 3.20. The summed E-state index contributed by atoms with van der Waals surface area (Å²) >= 11 is 1.46. The van der Waals surface area contributed by atoms with E-state index >= 15 is 0 Å². The molecule has 1 aromatic carbocycles. The SMILES string of the molecule is CCNC(=NCC(=O)NCc1ccc(OC)cc1)N1CCN(c2nc(CC)ns2)CC1. The number of nitrogens with one attached hydrogen (secondary N) is 2. The van der Waals surface area contributed by atoms with Gasteiger partial charge in [-0.2, -0.15) is 4.37 Å². The van der Waals surface area contributed by atoms with Gasteiger partial charge in [-0.15, -0.1) is 0 Å². The number of piperazine rings is 1. The van der Waals surface area contributed by atoms with Crippen LogP contribution in [0.1, 0.15) is 25.2 Å². The Kier molecular flexibility index (Phi) is 8.45. The highest BCUT2D eigenvalue weighted by molar-refractivity contribution is 7.09. The number of rotatable bonds is 8. The van der Waals surface area contributed by atoms with E-state index in [1.165, 1.54) is 11.5 Å². The van der Waals surface area contributed by atoms with Gasteiger partial charge in [0.05, 0.1) is 7.11 Å². The second-order valence-corrected chi connectivity index (χ2v) is 7.85. The van der Waals surface area contributed by atoms with E-state index in [0.717, 1.165) is 67.4 Å². The monoisotopic (exact) mass is 445 g/mol. The fraction of sp³-hybridized carbons (Fsp3) is 0.524. The summed E-state index contributed by atoms with van der Waals surface area (Å²) in [6.07, 6.45) is 0.855. The molecule has 1 aromatic heterocycles. The van der Waals surface area contributed by atoms with Crippen LogP contribution in [0.15, 0.2) is 29.3 Å². The van der Waals surface area contributed by atoms with Crippen molar-refractivity contribution in [1.29, 1.82) is 0 Å². The van der Waals surface area contributed by atoms with E-state index in [-0.39, 0.29) is 12.5 Å². The third-order valence-corrected chi connectivity index (χ3v) is 5.79. The fourth-order valence-corrected chi connectivity index (χ4v) is 4.00. The first kappa shape index (κ1) is 22.8. The molecule has 0 aliphatic carbocycles. The molecule has 0 radical (unpaired) electrons. The second-order valence-electron chi connectivity index (χ2n) is 7.12. The molecule has 0 saturated carbocycles. The van der Waals surface area contributed by atoms with Crippen LogP contribution in [0.5, 0.6) is 5.75 Å². The summed E-state index contributed by atoms with van der Waals surface area (Å²) in [6.45, 7) is 8.76. The normalized spacial score (nSPS) is 14.5. The first-order valence-corrected chi connectivity index (χ1v) is 11.4. The van der Waals surface area contributed by atoms with Crippen LogP contribution in [0, 0.1) is 0 Å². The molecule has 2 heterocycles. The number of aromatic nitrogens is 2. The van der Waals surface area contributed by atoms with Crippen molar-refractivity contribution >= 4 is 28.5 Å². The molecule has 9 nitrogen and oxygen atoms in total. The largest absolute Gasteiger partial charge is 0.497 e. The molecule has 1 amide bonds. The summed E-state index contributed by atoms with van der Waals surface area (Å²) in [5, 5.41) is 7.20. The molecule has 1 saturated heterocycles. The zero-order valence-electron chi connectivity index (χ0n) is 18.4. The van der Waals surface area contributed by atoms with Crippen molar-refractivity contribution in [1.82, 2.24) is 24.9 Å². The molecule has 1 aliphatic heterocycles. The molecular weight excluding hydrogens is 414 g/mol. The van der Waals surface area contributed by atoms with Crippen LogP contribution < -0.4 is 20.3 Å². The Morgan fingerprint density at radius 3 is 2.52 bits per heavy atom. The molecule has 2 N–H and O–H groups in total. The van der Waals surface area contributed by atoms with Gasteiger partial charge in [0.2, 0.25) is 11.0 Å². The van der Waals surface area contributed by atoms with Crippen LogP contribution in [0.3, 0.4) is 0 Å². The van der Waals surface area contributed by atoms with Gasteiger partial charge in [-0.25, -0.2) is 9.98 Å². The summed E-state index contributed by atoms with van der Waals surface area (Å²) in [5.74, 6) is 2.36. The van der Waals surface area contributed by atoms with Crippen molar-refractivity contribution in [2.75, 3.05) is 51.3 Å². The Balaban J connectivity index is 1.49. The number of carbonyl (C=O) groups excluding carboxylic acids is 1. The molecule has 3 rings (SSSR count). The molecule has 0 atom stereocenters. The Hall–Kier alpha value is -2.88. The number of hydrogen-bond donors (Lipinski definition) is 2. The predicted octanol–water partition coefficient (Wildman–Crippen LogP) is 1.51. The quantitative estimate of drug-likeness (QED) is 0.470. The van der Waals surface area contributed by atoms with Gasteiger partial charge >= 0.3 is 0 Å². The van der Waals surface area contributed by atoms with Crippen LogP contribution >= 0.6 is 11.5 Å². The van der Waals surface area contributed by atoms with Gasteiger partial charge in [0.15, 0.2) is 5.96 Å². The Morgan fingerprint density at radius 1 is 1.16 bits per heavy atom. The van der Waals surface area contributed by atoms with Crippen LogP contribution in [0.2, 0.25) is 0 Å². The van der Waals surface area contributed by atoms with Crippen LogP contribution in [-0.2, 0) is 17.8 Å². The maximum atomic E-state index is 12.3. The maximum Gasteiger partial charge on any atom is 0.242 e. The number of benzene rings is 1. The minimum absolute atomic E-state index is 0.0922. The van der Waals surface area contributed by atoms with Gasteiger partial charge < -0.3 is 25.2 Å². The molecule has 31 heavy (non-hydrogen) atoms. The van der Waals surface area contributed by atoms with Crippen molar-refractivity contribution in [3.8, 4) is 5.75 Å². The lowest BCUT2D eigenvalue weighted by molar-refractivity contribution is -0.119. The minimum atomic E-state index is -0.106. The Morgan fingerprint density at radius 2 is 1.90 bits per heavy atom. The third-order valence-electron chi connectivity index (χ3n) is 4.98. The standard InChI is InChI=1S/C21H31N7O2S/c1-4-18-25-21(31-26-18)28-12-10-27(11-13-28)20(22-5-2)24-15-19(29)23-14-16-6-8-17(30-3)9-7-16/h6-9H,4-5,10-15H2,1-3H3,(H,22,24)(H,23,29). The van der Waals surface area contributed by atoms with Gasteiger partial charge in [-0.1, -0.05) is 19.1 Å². The van der Waals surface area contributed by atoms with Crippen molar-refractivity contribution < 1.29 is 9.53 Å². The smallest absolute Gasteiger partial charge is 0.242 e. The number of aliphatic imine (C=N–C) groups is 1. The van der Waals surface area contributed by atoms with E-state index in [2.05, 4.69) is 41.7 Å². The van der Waals surface area contributed by atoms with Crippen molar-refractivity contribution in [3.05, 3.63) is 35.7 Å². The third kappa shape index (κ3) is 6.55. The van der Waals surface area contributed by atoms with Gasteiger partial charge in [0, 0.05) is 57.2 Å². The van der Waals surface area contributed by atoms with Gasteiger partial charge in [-0.05, 0) is 24.6 Å². The zero-order valence-corrected chi connectivity index (χ0v) is 19.2. The van der Waals surface area contributed by atoms with E-state index in [1.807, 2.05) is 31.2 Å². The molecule has 0 unspecified atom stereocenters. The van der Waals surface area contributed by atoms with Crippen molar-refractivity contribution in [2.45, 2.75) is 26.8 Å². The molecule has 1 aliphatic rings. The number of nitrogens with zero attached hydrogens (tertiary/aromatic N) is 5. The number of methoxy groups -OCH3 is 1. The number of amides is 1. The molecule has 0 spiro atoms. The van der Waals surface area contributed by atoms with E-state index < -0.39 is 0 Å². The molecule has 0 bridgehead atoms. The van der Waals surface area contributed by atoms with Gasteiger partial charge in [-0.3, -0.25) is 4.79 Å². The van der Waals surface area contributed by atoms with E-state index in [0.29, 0.717) is 6.54 Å². The maximum absolute atomic E-state index is 12.3. The number of aryl methyl sites for hydroxylation is 1. The summed E-state index contributed by atoms with van der Waals surface area (Å²) in [7, 11) is 1.63. The number of hydrogen-bond acceptors (Lipinski definition) is 7. The minimum Gasteiger partial charge on any atom is -0.497 e. The van der Waals surface area contributed by atoms with E-state index in [9.17, 15) is 4.79 Å². The van der Waals surface area contributed by atoms with E-state index in [4.69, 9.17) is 4.74 Å². The molecule has 1 fully saturated rings. The Bertz CT molecular complexity index is 861. The number of guanidine groups is 1. The summed E-state index contributed by atoms with van der Waals surface area (Å²) in [5.41, 5.74) is 1.02. The highest BCUT2D eigenvalue weighted by Gasteiger charge is 2.22. The number of anilines is 1. The van der Waals surface area contributed by atoms with Crippen molar-refractivity contribution in [3.63, 3.8) is 0 Å². The summed E-state index contributed by atoms with van der Waals surface area (Å²) in [6, 6.07) is 7.64. The topological polar surface area (TPSA) is 95.0 Å². The predicted molar refractivity (Wildman–Crippen MR) is 124 cm³/mol. The zero-order chi connectivity index (χ0) is 22.1. The number of carbonyl (C=O) groups is 1. The summed E-state index contributed by atoms with van der Waals surface area (Å²) < 4.78 is 9.53. The van der Waals surface area contributed by atoms with Crippen LogP contribution in [0.4, 0.5) is 5.13 Å². The van der Waals surface area contributed by atoms with Gasteiger partial charge in [0.1, 0.15) is 18.1 Å². The molecular formula is C21H31N7O2S. The van der Waals surface area contributed by atoms with Gasteiger partial charge in [0.25, 0.3) is 0 Å². The highest BCUT2D eigenvalue weighted by Crippen LogP contribution is 2.19. The lowest BCUT2D eigenvalue weighted by atomic mass is 10.2. The second kappa shape index (κ2) is 11.5. The number of ether oxygens (including phenoxy) is 1. The lowest BCUT2D eigenvalue weighted by Gasteiger charge is -2.36.